The predicted molar refractivity (Wildman–Crippen MR) is 75.9 cm³/mol. The van der Waals surface area contributed by atoms with Gasteiger partial charge in [-0.05, 0) is 18.0 Å². The van der Waals surface area contributed by atoms with Gasteiger partial charge in [0, 0.05) is 17.6 Å². The molecule has 7 nitrogen and oxygen atoms in total. The number of nitrogens with zero attached hydrogens (tertiary/aromatic N) is 3. The fourth-order valence-electron chi connectivity index (χ4n) is 1.32. The van der Waals surface area contributed by atoms with E-state index in [1.165, 1.54) is 0 Å². The van der Waals surface area contributed by atoms with Gasteiger partial charge in [0.25, 0.3) is 0 Å². The van der Waals surface area contributed by atoms with Gasteiger partial charge in [0.05, 0.1) is 6.54 Å². The van der Waals surface area contributed by atoms with E-state index in [-0.39, 0.29) is 10.2 Å². The van der Waals surface area contributed by atoms with Gasteiger partial charge in [-0.1, -0.05) is 18.3 Å². The van der Waals surface area contributed by atoms with Gasteiger partial charge in [-0.25, -0.2) is 0 Å². The summed E-state index contributed by atoms with van der Waals surface area (Å²) in [5, 5.41) is 7.88. The number of hydrogen-bond acceptors (Lipinski definition) is 7. The number of halogens is 1. The first-order chi connectivity index (χ1) is 9.17. The van der Waals surface area contributed by atoms with Crippen LogP contribution in [0, 0.1) is 0 Å². The van der Waals surface area contributed by atoms with Gasteiger partial charge in [0.2, 0.25) is 17.2 Å². The molecule has 0 aliphatic heterocycles. The summed E-state index contributed by atoms with van der Waals surface area (Å²) in [6.45, 7) is 3.23. The van der Waals surface area contributed by atoms with Crippen molar-refractivity contribution in [2.45, 2.75) is 19.9 Å². The number of H-pyrrole nitrogens is 1. The maximum absolute atomic E-state index is 11.0. The van der Waals surface area contributed by atoms with Gasteiger partial charge >= 0.3 is 4.87 Å². The summed E-state index contributed by atoms with van der Waals surface area (Å²) in [5.41, 5.74) is 0.773. The molecule has 0 amide bonds. The van der Waals surface area contributed by atoms with Crippen molar-refractivity contribution in [2.75, 3.05) is 17.2 Å². The second kappa shape index (κ2) is 6.48. The van der Waals surface area contributed by atoms with E-state index in [1.807, 2.05) is 6.92 Å². The van der Waals surface area contributed by atoms with Crippen LogP contribution < -0.4 is 15.5 Å². The highest BCUT2D eigenvalue weighted by molar-refractivity contribution is 7.07. The molecule has 0 unspecified atom stereocenters. The Morgan fingerprint density at radius 1 is 1.32 bits per heavy atom. The fraction of sp³-hybridized carbons (Fsp3) is 0.400. The number of aromatic nitrogens is 4. The van der Waals surface area contributed by atoms with Crippen molar-refractivity contribution in [3.05, 3.63) is 26.0 Å². The van der Waals surface area contributed by atoms with Crippen LogP contribution in [0.25, 0.3) is 0 Å². The SMILES string of the molecule is CCCNc1nc(Cl)nc(NCc2csc(=O)[nH]2)n1. The summed E-state index contributed by atoms with van der Waals surface area (Å²) in [6.07, 6.45) is 0.961. The number of hydrogen-bond donors (Lipinski definition) is 3. The van der Waals surface area contributed by atoms with E-state index in [2.05, 4.69) is 30.6 Å². The van der Waals surface area contributed by atoms with Crippen LogP contribution in [0.1, 0.15) is 19.0 Å². The summed E-state index contributed by atoms with van der Waals surface area (Å²) in [5.74, 6) is 0.800. The standard InChI is InChI=1S/C10H13ClN6OS/c1-2-3-12-8-15-7(11)16-9(17-8)13-4-6-5-19-10(18)14-6/h5H,2-4H2,1H3,(H,14,18)(H2,12,13,15,16,17). The minimum Gasteiger partial charge on any atom is -0.354 e. The van der Waals surface area contributed by atoms with Gasteiger partial charge in [0.1, 0.15) is 0 Å². The Hall–Kier alpha value is -1.67. The molecule has 0 bridgehead atoms. The first-order valence-corrected chi connectivity index (χ1v) is 6.99. The minimum atomic E-state index is -0.0872. The highest BCUT2D eigenvalue weighted by Gasteiger charge is 2.05. The van der Waals surface area contributed by atoms with Gasteiger partial charge < -0.3 is 15.6 Å². The Morgan fingerprint density at radius 3 is 2.68 bits per heavy atom. The van der Waals surface area contributed by atoms with E-state index < -0.39 is 0 Å². The van der Waals surface area contributed by atoms with Crippen molar-refractivity contribution in [1.82, 2.24) is 19.9 Å². The number of thiazole rings is 1. The molecule has 0 aliphatic rings. The molecule has 2 rings (SSSR count). The van der Waals surface area contributed by atoms with Gasteiger partial charge in [-0.3, -0.25) is 4.79 Å². The topological polar surface area (TPSA) is 95.6 Å². The number of rotatable bonds is 6. The molecular formula is C10H13ClN6OS. The highest BCUT2D eigenvalue weighted by atomic mass is 35.5. The smallest absolute Gasteiger partial charge is 0.304 e. The molecule has 2 aromatic rings. The number of nitrogens with one attached hydrogen (secondary N) is 3. The van der Waals surface area contributed by atoms with E-state index in [4.69, 9.17) is 11.6 Å². The van der Waals surface area contributed by atoms with E-state index in [0.29, 0.717) is 18.4 Å². The maximum atomic E-state index is 11.0. The van der Waals surface area contributed by atoms with Gasteiger partial charge in [-0.2, -0.15) is 15.0 Å². The molecule has 2 aromatic heterocycles. The predicted octanol–water partition coefficient (Wildman–Crippen LogP) is 1.71. The lowest BCUT2D eigenvalue weighted by atomic mass is 10.5. The third-order valence-electron chi connectivity index (χ3n) is 2.15. The Bertz CT molecular complexity index is 598. The molecule has 9 heteroatoms. The average molecular weight is 301 g/mol. The van der Waals surface area contributed by atoms with E-state index >= 15 is 0 Å². The molecular weight excluding hydrogens is 288 g/mol. The lowest BCUT2D eigenvalue weighted by molar-refractivity contribution is 0.929. The molecule has 0 aliphatic carbocycles. The van der Waals surface area contributed by atoms with E-state index in [0.717, 1.165) is 30.0 Å². The largest absolute Gasteiger partial charge is 0.354 e. The van der Waals surface area contributed by atoms with E-state index in [1.54, 1.807) is 5.38 Å². The Balaban J connectivity index is 2.02. The van der Waals surface area contributed by atoms with Crippen LogP contribution in [0.5, 0.6) is 0 Å². The molecule has 0 saturated carbocycles. The molecule has 0 radical (unpaired) electrons. The molecule has 19 heavy (non-hydrogen) atoms. The van der Waals surface area contributed by atoms with Crippen LogP contribution in [-0.2, 0) is 6.54 Å². The second-order valence-electron chi connectivity index (χ2n) is 3.71. The third kappa shape index (κ3) is 4.18. The summed E-state index contributed by atoms with van der Waals surface area (Å²) in [6, 6.07) is 0. The molecule has 3 N–H and O–H groups in total. The highest BCUT2D eigenvalue weighted by Crippen LogP contribution is 2.10. The van der Waals surface area contributed by atoms with E-state index in [9.17, 15) is 4.79 Å². The molecule has 0 saturated heterocycles. The molecule has 2 heterocycles. The van der Waals surface area contributed by atoms with Crippen LogP contribution in [0.2, 0.25) is 5.28 Å². The molecule has 0 aromatic carbocycles. The van der Waals surface area contributed by atoms with Crippen molar-refractivity contribution in [3.8, 4) is 0 Å². The first kappa shape index (κ1) is 13.8. The second-order valence-corrected chi connectivity index (χ2v) is 4.89. The molecule has 0 fully saturated rings. The molecule has 0 spiro atoms. The molecule has 102 valence electrons. The Kier molecular flexibility index (Phi) is 4.69. The Labute approximate surface area is 118 Å². The average Bonchev–Trinajstić information content (AvgIpc) is 2.79. The summed E-state index contributed by atoms with van der Waals surface area (Å²) >= 11 is 6.93. The quantitative estimate of drug-likeness (QED) is 0.751. The number of anilines is 2. The van der Waals surface area contributed by atoms with Crippen molar-refractivity contribution < 1.29 is 0 Å². The van der Waals surface area contributed by atoms with Crippen LogP contribution in [0.15, 0.2) is 10.2 Å². The van der Waals surface area contributed by atoms with Crippen molar-refractivity contribution in [1.29, 1.82) is 0 Å². The summed E-state index contributed by atoms with van der Waals surface area (Å²) in [7, 11) is 0. The van der Waals surface area contributed by atoms with Gasteiger partial charge in [-0.15, -0.1) is 0 Å². The minimum absolute atomic E-state index is 0.0872. The normalized spacial score (nSPS) is 10.4. The van der Waals surface area contributed by atoms with Crippen LogP contribution in [0.4, 0.5) is 11.9 Å². The lowest BCUT2D eigenvalue weighted by Gasteiger charge is -2.06. The summed E-state index contributed by atoms with van der Waals surface area (Å²) in [4.78, 5) is 25.7. The first-order valence-electron chi connectivity index (χ1n) is 5.73. The zero-order valence-corrected chi connectivity index (χ0v) is 11.8. The third-order valence-corrected chi connectivity index (χ3v) is 3.04. The van der Waals surface area contributed by atoms with Crippen molar-refractivity contribution in [2.24, 2.45) is 0 Å². The fourth-order valence-corrected chi connectivity index (χ4v) is 2.06. The zero-order chi connectivity index (χ0) is 13.7. The van der Waals surface area contributed by atoms with Crippen LogP contribution >= 0.6 is 22.9 Å². The van der Waals surface area contributed by atoms with Gasteiger partial charge in [0.15, 0.2) is 0 Å². The van der Waals surface area contributed by atoms with Crippen LogP contribution in [-0.4, -0.2) is 26.5 Å². The van der Waals surface area contributed by atoms with Crippen LogP contribution in [0.3, 0.4) is 0 Å². The zero-order valence-electron chi connectivity index (χ0n) is 10.2. The van der Waals surface area contributed by atoms with Crippen molar-refractivity contribution in [3.63, 3.8) is 0 Å². The summed E-state index contributed by atoms with van der Waals surface area (Å²) < 4.78 is 0. The lowest BCUT2D eigenvalue weighted by Crippen LogP contribution is -2.10. The maximum Gasteiger partial charge on any atom is 0.304 e. The number of aromatic amines is 1. The van der Waals surface area contributed by atoms with Crippen molar-refractivity contribution >= 4 is 34.8 Å². The monoisotopic (exact) mass is 300 g/mol. The Morgan fingerprint density at radius 2 is 2.05 bits per heavy atom. The molecule has 0 atom stereocenters.